The standard InChI is InChI=1S/C21H15Cl2F3N4O2S/c1-3-33(31,32)17-7-12(14-5-4-13(22)20(23)29-14)9-28-19(17)15-6-11-8-18(21(24,25)26)27-10-16(11)30(15)2/h4-10H,3H2,1-2H3. The monoisotopic (exact) mass is 514 g/mol. The van der Waals surface area contributed by atoms with Gasteiger partial charge in [-0.3, -0.25) is 4.98 Å². The van der Waals surface area contributed by atoms with E-state index in [0.29, 0.717) is 22.5 Å². The summed E-state index contributed by atoms with van der Waals surface area (Å²) in [5, 5.41) is 0.556. The second-order valence-electron chi connectivity index (χ2n) is 7.16. The summed E-state index contributed by atoms with van der Waals surface area (Å²) in [7, 11) is -2.17. The number of pyridine rings is 3. The summed E-state index contributed by atoms with van der Waals surface area (Å²) in [5.41, 5.74) is 0.549. The quantitative estimate of drug-likeness (QED) is 0.321. The average molecular weight is 515 g/mol. The molecule has 0 aliphatic rings. The Morgan fingerprint density at radius 2 is 1.79 bits per heavy atom. The molecule has 0 radical (unpaired) electrons. The molecule has 4 rings (SSSR count). The lowest BCUT2D eigenvalue weighted by Gasteiger charge is -2.12. The maximum atomic E-state index is 13.1. The smallest absolute Gasteiger partial charge is 0.341 e. The van der Waals surface area contributed by atoms with Gasteiger partial charge in [0.15, 0.2) is 9.84 Å². The van der Waals surface area contributed by atoms with Gasteiger partial charge in [0.1, 0.15) is 16.5 Å². The highest BCUT2D eigenvalue weighted by Gasteiger charge is 2.33. The topological polar surface area (TPSA) is 77.7 Å². The molecule has 0 atom stereocenters. The number of nitrogens with zero attached hydrogens (tertiary/aromatic N) is 4. The molecule has 4 heterocycles. The van der Waals surface area contributed by atoms with Crippen molar-refractivity contribution in [2.75, 3.05) is 5.75 Å². The normalized spacial score (nSPS) is 12.5. The van der Waals surface area contributed by atoms with Gasteiger partial charge in [-0.15, -0.1) is 0 Å². The van der Waals surface area contributed by atoms with Crippen LogP contribution in [-0.4, -0.2) is 33.7 Å². The van der Waals surface area contributed by atoms with E-state index in [-0.39, 0.29) is 31.9 Å². The lowest BCUT2D eigenvalue weighted by atomic mass is 10.1. The Bertz CT molecular complexity index is 1500. The number of hydrogen-bond acceptors (Lipinski definition) is 5. The van der Waals surface area contributed by atoms with Crippen molar-refractivity contribution in [3.05, 3.63) is 58.6 Å². The number of fused-ring (bicyclic) bond motifs is 1. The van der Waals surface area contributed by atoms with E-state index in [1.54, 1.807) is 17.7 Å². The molecule has 6 nitrogen and oxygen atoms in total. The SMILES string of the molecule is CCS(=O)(=O)c1cc(-c2ccc(Cl)c(Cl)n2)cnc1-c1cc2cc(C(F)(F)F)ncc2n1C. The summed E-state index contributed by atoms with van der Waals surface area (Å²) in [6.45, 7) is 1.49. The largest absolute Gasteiger partial charge is 0.433 e. The maximum Gasteiger partial charge on any atom is 0.433 e. The van der Waals surface area contributed by atoms with E-state index in [4.69, 9.17) is 23.2 Å². The van der Waals surface area contributed by atoms with Crippen LogP contribution in [0.2, 0.25) is 10.2 Å². The minimum absolute atomic E-state index is 0.0554. The Morgan fingerprint density at radius 1 is 1.06 bits per heavy atom. The molecule has 172 valence electrons. The second-order valence-corrected chi connectivity index (χ2v) is 10.2. The van der Waals surface area contributed by atoms with Gasteiger partial charge in [-0.25, -0.2) is 18.4 Å². The van der Waals surface area contributed by atoms with Crippen LogP contribution in [0.3, 0.4) is 0 Å². The third-order valence-electron chi connectivity index (χ3n) is 5.13. The van der Waals surface area contributed by atoms with Gasteiger partial charge in [0.2, 0.25) is 0 Å². The highest BCUT2D eigenvalue weighted by Crippen LogP contribution is 2.35. The average Bonchev–Trinajstić information content (AvgIpc) is 3.10. The van der Waals surface area contributed by atoms with E-state index < -0.39 is 21.7 Å². The van der Waals surface area contributed by atoms with Gasteiger partial charge in [0.05, 0.1) is 38.8 Å². The molecule has 0 bridgehead atoms. The molecule has 0 unspecified atom stereocenters. The number of hydrogen-bond donors (Lipinski definition) is 0. The minimum Gasteiger partial charge on any atom is -0.341 e. The van der Waals surface area contributed by atoms with Crippen LogP contribution in [0.15, 0.2) is 47.6 Å². The number of sulfone groups is 1. The summed E-state index contributed by atoms with van der Waals surface area (Å²) in [5.74, 6) is -0.205. The predicted molar refractivity (Wildman–Crippen MR) is 120 cm³/mol. The molecule has 0 aromatic carbocycles. The number of halogens is 5. The van der Waals surface area contributed by atoms with Crippen molar-refractivity contribution < 1.29 is 21.6 Å². The fraction of sp³-hybridized carbons (Fsp3) is 0.190. The van der Waals surface area contributed by atoms with Gasteiger partial charge in [0, 0.05) is 24.2 Å². The zero-order valence-electron chi connectivity index (χ0n) is 17.2. The Kier molecular flexibility index (Phi) is 5.88. The van der Waals surface area contributed by atoms with Crippen molar-refractivity contribution >= 4 is 43.9 Å². The van der Waals surface area contributed by atoms with Crippen molar-refractivity contribution in [3.8, 4) is 22.6 Å². The van der Waals surface area contributed by atoms with Crippen LogP contribution in [-0.2, 0) is 23.1 Å². The van der Waals surface area contributed by atoms with E-state index in [9.17, 15) is 21.6 Å². The van der Waals surface area contributed by atoms with Crippen molar-refractivity contribution in [2.24, 2.45) is 7.05 Å². The molecule has 0 fully saturated rings. The minimum atomic E-state index is -4.60. The number of aromatic nitrogens is 4. The van der Waals surface area contributed by atoms with Crippen LogP contribution in [0.25, 0.3) is 33.5 Å². The number of rotatable bonds is 4. The lowest BCUT2D eigenvalue weighted by Crippen LogP contribution is -2.09. The first-order valence-electron chi connectivity index (χ1n) is 9.50. The first-order valence-corrected chi connectivity index (χ1v) is 11.9. The second kappa shape index (κ2) is 8.27. The molecule has 0 saturated carbocycles. The van der Waals surface area contributed by atoms with Gasteiger partial charge in [-0.1, -0.05) is 30.1 Å². The van der Waals surface area contributed by atoms with E-state index in [1.807, 2.05) is 0 Å². The third kappa shape index (κ3) is 4.30. The van der Waals surface area contributed by atoms with Gasteiger partial charge >= 0.3 is 6.18 Å². The van der Waals surface area contributed by atoms with Crippen LogP contribution < -0.4 is 0 Å². The van der Waals surface area contributed by atoms with Crippen LogP contribution in [0.5, 0.6) is 0 Å². The van der Waals surface area contributed by atoms with Crippen LogP contribution in [0.1, 0.15) is 12.6 Å². The first-order chi connectivity index (χ1) is 15.4. The molecule has 0 amide bonds. The predicted octanol–water partition coefficient (Wildman–Crippen LogP) is 5.82. The Morgan fingerprint density at radius 3 is 2.42 bits per heavy atom. The van der Waals surface area contributed by atoms with Crippen molar-refractivity contribution in [2.45, 2.75) is 18.0 Å². The van der Waals surface area contributed by atoms with E-state index in [0.717, 1.165) is 12.3 Å². The molecule has 0 aliphatic carbocycles. The highest BCUT2D eigenvalue weighted by atomic mass is 35.5. The van der Waals surface area contributed by atoms with E-state index in [1.165, 1.54) is 31.3 Å². The number of alkyl halides is 3. The molecule has 33 heavy (non-hydrogen) atoms. The molecule has 12 heteroatoms. The molecule has 0 spiro atoms. The molecule has 4 aromatic rings. The maximum absolute atomic E-state index is 13.1. The van der Waals surface area contributed by atoms with Gasteiger partial charge in [0.25, 0.3) is 0 Å². The Balaban J connectivity index is 1.94. The van der Waals surface area contributed by atoms with Crippen LogP contribution in [0, 0.1) is 0 Å². The Labute approximate surface area is 196 Å². The number of aryl methyl sites for hydroxylation is 1. The molecule has 4 aromatic heterocycles. The zero-order chi connectivity index (χ0) is 24.1. The molecule has 0 aliphatic heterocycles. The van der Waals surface area contributed by atoms with Gasteiger partial charge in [-0.05, 0) is 30.3 Å². The van der Waals surface area contributed by atoms with Crippen LogP contribution in [0.4, 0.5) is 13.2 Å². The van der Waals surface area contributed by atoms with Gasteiger partial charge in [-0.2, -0.15) is 13.2 Å². The van der Waals surface area contributed by atoms with Gasteiger partial charge < -0.3 is 4.57 Å². The molecular formula is C21H15Cl2F3N4O2S. The summed E-state index contributed by atoms with van der Waals surface area (Å²) in [4.78, 5) is 11.9. The van der Waals surface area contributed by atoms with Crippen molar-refractivity contribution in [1.82, 2.24) is 19.5 Å². The fourth-order valence-electron chi connectivity index (χ4n) is 3.36. The fourth-order valence-corrected chi connectivity index (χ4v) is 4.69. The summed E-state index contributed by atoms with van der Waals surface area (Å²) in [6, 6.07) is 6.91. The Hall–Kier alpha value is -2.69. The van der Waals surface area contributed by atoms with E-state index in [2.05, 4.69) is 15.0 Å². The summed E-state index contributed by atoms with van der Waals surface area (Å²) >= 11 is 11.9. The molecular weight excluding hydrogens is 500 g/mol. The van der Waals surface area contributed by atoms with E-state index >= 15 is 0 Å². The molecule has 0 N–H and O–H groups in total. The summed E-state index contributed by atoms with van der Waals surface area (Å²) < 4.78 is 66.7. The third-order valence-corrected chi connectivity index (χ3v) is 7.56. The molecule has 0 saturated heterocycles. The van der Waals surface area contributed by atoms with Crippen molar-refractivity contribution in [3.63, 3.8) is 0 Å². The first kappa shape index (κ1) is 23.5. The summed E-state index contributed by atoms with van der Waals surface area (Å²) in [6.07, 6.45) is -2.08. The zero-order valence-corrected chi connectivity index (χ0v) is 19.5. The van der Waals surface area contributed by atoms with Crippen molar-refractivity contribution in [1.29, 1.82) is 0 Å². The van der Waals surface area contributed by atoms with Crippen LogP contribution >= 0.6 is 23.2 Å². The highest BCUT2D eigenvalue weighted by molar-refractivity contribution is 7.91. The lowest BCUT2D eigenvalue weighted by molar-refractivity contribution is -0.141.